The number of fused-ring (bicyclic) bond motifs is 1. The minimum Gasteiger partial charge on any atom is -0.343 e. The van der Waals surface area contributed by atoms with E-state index in [1.54, 1.807) is 6.07 Å². The Morgan fingerprint density at radius 3 is 2.69 bits per heavy atom. The second-order valence-electron chi connectivity index (χ2n) is 7.98. The molecule has 2 heterocycles. The number of hydrogen-bond acceptors (Lipinski definition) is 2. The number of benzene rings is 1. The number of carbonyl (C=O) groups is 1. The van der Waals surface area contributed by atoms with Crippen LogP contribution in [0, 0.1) is 11.7 Å². The molecule has 1 saturated heterocycles. The van der Waals surface area contributed by atoms with Crippen molar-refractivity contribution in [1.82, 2.24) is 14.9 Å². The minimum atomic E-state index is -0.244. The first-order valence-corrected chi connectivity index (χ1v) is 10.1. The molecule has 1 aromatic carbocycles. The number of piperidine rings is 1. The molecular formula is C21H28FN3O. The minimum absolute atomic E-state index is 0.244. The highest BCUT2D eigenvalue weighted by Gasteiger charge is 2.26. The lowest BCUT2D eigenvalue weighted by Crippen LogP contribution is -2.38. The molecule has 1 aromatic heterocycles. The average Bonchev–Trinajstić information content (AvgIpc) is 3.10. The summed E-state index contributed by atoms with van der Waals surface area (Å²) in [7, 11) is 0. The Balaban J connectivity index is 1.29. The fourth-order valence-electron chi connectivity index (χ4n) is 4.56. The summed E-state index contributed by atoms with van der Waals surface area (Å²) >= 11 is 0. The molecular weight excluding hydrogens is 329 g/mol. The first-order chi connectivity index (χ1) is 12.7. The second kappa shape index (κ2) is 7.77. The molecule has 140 valence electrons. The number of aromatic amines is 1. The Morgan fingerprint density at radius 2 is 1.92 bits per heavy atom. The van der Waals surface area contributed by atoms with Crippen LogP contribution in [0.1, 0.15) is 69.5 Å². The van der Waals surface area contributed by atoms with Gasteiger partial charge in [0.2, 0.25) is 5.91 Å². The van der Waals surface area contributed by atoms with E-state index < -0.39 is 0 Å². The van der Waals surface area contributed by atoms with Crippen LogP contribution < -0.4 is 0 Å². The Morgan fingerprint density at radius 1 is 1.15 bits per heavy atom. The van der Waals surface area contributed by atoms with Gasteiger partial charge in [-0.05, 0) is 43.4 Å². The summed E-state index contributed by atoms with van der Waals surface area (Å²) < 4.78 is 13.3. The molecule has 1 aliphatic carbocycles. The molecule has 4 rings (SSSR count). The third-order valence-electron chi connectivity index (χ3n) is 6.19. The van der Waals surface area contributed by atoms with Gasteiger partial charge < -0.3 is 9.88 Å². The van der Waals surface area contributed by atoms with Crippen molar-refractivity contribution >= 4 is 16.9 Å². The molecule has 1 saturated carbocycles. The Labute approximate surface area is 154 Å². The van der Waals surface area contributed by atoms with Crippen molar-refractivity contribution < 1.29 is 9.18 Å². The summed E-state index contributed by atoms with van der Waals surface area (Å²) in [4.78, 5) is 22.4. The zero-order valence-corrected chi connectivity index (χ0v) is 15.3. The predicted octanol–water partition coefficient (Wildman–Crippen LogP) is 4.77. The molecule has 2 aliphatic rings. The monoisotopic (exact) mass is 357 g/mol. The predicted molar refractivity (Wildman–Crippen MR) is 100 cm³/mol. The van der Waals surface area contributed by atoms with Gasteiger partial charge in [-0.15, -0.1) is 0 Å². The topological polar surface area (TPSA) is 49.0 Å². The Bertz CT molecular complexity index is 758. The third-order valence-corrected chi connectivity index (χ3v) is 6.19. The van der Waals surface area contributed by atoms with E-state index in [-0.39, 0.29) is 5.82 Å². The number of nitrogens with one attached hydrogen (secondary N) is 1. The van der Waals surface area contributed by atoms with E-state index in [1.807, 2.05) is 4.90 Å². The van der Waals surface area contributed by atoms with Crippen molar-refractivity contribution in [3.63, 3.8) is 0 Å². The summed E-state index contributed by atoms with van der Waals surface area (Å²) in [6.07, 6.45) is 10.3. The van der Waals surface area contributed by atoms with Crippen molar-refractivity contribution in [1.29, 1.82) is 0 Å². The number of imidazole rings is 1. The highest BCUT2D eigenvalue weighted by molar-refractivity contribution is 5.76. The molecule has 26 heavy (non-hydrogen) atoms. The number of amides is 1. The van der Waals surface area contributed by atoms with Crippen molar-refractivity contribution in [3.05, 3.63) is 29.8 Å². The van der Waals surface area contributed by atoms with Crippen molar-refractivity contribution in [3.8, 4) is 0 Å². The largest absolute Gasteiger partial charge is 0.343 e. The van der Waals surface area contributed by atoms with Gasteiger partial charge in [-0.25, -0.2) is 9.37 Å². The molecule has 2 fully saturated rings. The molecule has 1 aliphatic heterocycles. The van der Waals surface area contributed by atoms with Gasteiger partial charge in [-0.2, -0.15) is 0 Å². The summed E-state index contributed by atoms with van der Waals surface area (Å²) in [6, 6.07) is 4.66. The summed E-state index contributed by atoms with van der Waals surface area (Å²) in [5.41, 5.74) is 1.57. The molecule has 0 spiro atoms. The van der Waals surface area contributed by atoms with Gasteiger partial charge in [0.1, 0.15) is 11.6 Å². The van der Waals surface area contributed by atoms with Gasteiger partial charge in [0.25, 0.3) is 0 Å². The lowest BCUT2D eigenvalue weighted by Gasteiger charge is -2.32. The van der Waals surface area contributed by atoms with E-state index >= 15 is 0 Å². The fourth-order valence-corrected chi connectivity index (χ4v) is 4.56. The van der Waals surface area contributed by atoms with Crippen molar-refractivity contribution in [2.75, 3.05) is 13.1 Å². The van der Waals surface area contributed by atoms with Crippen LogP contribution >= 0.6 is 0 Å². The maximum Gasteiger partial charge on any atom is 0.222 e. The lowest BCUT2D eigenvalue weighted by molar-refractivity contribution is -0.132. The maximum atomic E-state index is 13.3. The van der Waals surface area contributed by atoms with Crippen LogP contribution in [0.2, 0.25) is 0 Å². The summed E-state index contributed by atoms with van der Waals surface area (Å²) in [5, 5.41) is 0. The van der Waals surface area contributed by atoms with Gasteiger partial charge in [-0.3, -0.25) is 4.79 Å². The number of H-pyrrole nitrogens is 1. The summed E-state index contributed by atoms with van der Waals surface area (Å²) in [6.45, 7) is 1.61. The van der Waals surface area contributed by atoms with Crippen LogP contribution in [-0.4, -0.2) is 33.9 Å². The SMILES string of the molecule is O=C(CCC1CCCCC1)N1CCC(c2nc3ccc(F)cc3[nH]2)CC1. The van der Waals surface area contributed by atoms with Gasteiger partial charge in [-0.1, -0.05) is 32.1 Å². The summed E-state index contributed by atoms with van der Waals surface area (Å²) in [5.74, 6) is 2.10. The maximum absolute atomic E-state index is 13.3. The van der Waals surface area contributed by atoms with Crippen LogP contribution in [-0.2, 0) is 4.79 Å². The van der Waals surface area contributed by atoms with E-state index in [1.165, 1.54) is 44.2 Å². The van der Waals surface area contributed by atoms with Crippen LogP contribution in [0.5, 0.6) is 0 Å². The highest BCUT2D eigenvalue weighted by atomic mass is 19.1. The van der Waals surface area contributed by atoms with E-state index in [9.17, 15) is 9.18 Å². The zero-order chi connectivity index (χ0) is 17.9. The Kier molecular flexibility index (Phi) is 5.23. The molecule has 2 aromatic rings. The standard InChI is InChI=1S/C21H28FN3O/c22-17-7-8-18-19(14-17)24-21(23-18)16-10-12-25(13-11-16)20(26)9-6-15-4-2-1-3-5-15/h7-8,14-16H,1-6,9-13H2,(H,23,24). The lowest BCUT2D eigenvalue weighted by atomic mass is 9.86. The molecule has 1 N–H and O–H groups in total. The van der Waals surface area contributed by atoms with Gasteiger partial charge in [0.05, 0.1) is 11.0 Å². The van der Waals surface area contributed by atoms with Crippen LogP contribution in [0.4, 0.5) is 4.39 Å². The normalized spacial score (nSPS) is 20.0. The number of aromatic nitrogens is 2. The molecule has 0 radical (unpaired) electrons. The van der Waals surface area contributed by atoms with E-state index in [0.29, 0.717) is 18.2 Å². The second-order valence-corrected chi connectivity index (χ2v) is 7.98. The molecule has 4 nitrogen and oxygen atoms in total. The molecule has 0 unspecified atom stereocenters. The van der Waals surface area contributed by atoms with Gasteiger partial charge in [0, 0.05) is 25.4 Å². The van der Waals surface area contributed by atoms with E-state index in [2.05, 4.69) is 9.97 Å². The smallest absolute Gasteiger partial charge is 0.222 e. The average molecular weight is 357 g/mol. The number of nitrogens with zero attached hydrogens (tertiary/aromatic N) is 2. The van der Waals surface area contributed by atoms with Gasteiger partial charge >= 0.3 is 0 Å². The number of hydrogen-bond donors (Lipinski definition) is 1. The molecule has 1 amide bonds. The molecule has 0 atom stereocenters. The van der Waals surface area contributed by atoms with Crippen molar-refractivity contribution in [2.24, 2.45) is 5.92 Å². The first-order valence-electron chi connectivity index (χ1n) is 10.1. The van der Waals surface area contributed by atoms with E-state index in [4.69, 9.17) is 0 Å². The fraction of sp³-hybridized carbons (Fsp3) is 0.619. The van der Waals surface area contributed by atoms with Gasteiger partial charge in [0.15, 0.2) is 0 Å². The number of carbonyl (C=O) groups excluding carboxylic acids is 1. The number of likely N-dealkylation sites (tertiary alicyclic amines) is 1. The molecule has 0 bridgehead atoms. The first kappa shape index (κ1) is 17.5. The van der Waals surface area contributed by atoms with E-state index in [0.717, 1.165) is 55.1 Å². The molecule has 5 heteroatoms. The Hall–Kier alpha value is -1.91. The van der Waals surface area contributed by atoms with Crippen LogP contribution in [0.25, 0.3) is 11.0 Å². The number of halogens is 1. The van der Waals surface area contributed by atoms with Crippen molar-refractivity contribution in [2.45, 2.75) is 63.7 Å². The third kappa shape index (κ3) is 3.92. The zero-order valence-electron chi connectivity index (χ0n) is 15.3. The van der Waals surface area contributed by atoms with Crippen LogP contribution in [0.3, 0.4) is 0 Å². The number of rotatable bonds is 4. The highest BCUT2D eigenvalue weighted by Crippen LogP contribution is 2.30. The van der Waals surface area contributed by atoms with Crippen LogP contribution in [0.15, 0.2) is 18.2 Å². The quantitative estimate of drug-likeness (QED) is 0.857.